The average Bonchev–Trinajstić information content (AvgIpc) is 2.23. The molecule has 90 valence electrons. The number of aromatic nitrogens is 1. The van der Waals surface area contributed by atoms with Crippen molar-refractivity contribution in [3.63, 3.8) is 0 Å². The van der Waals surface area contributed by atoms with Gasteiger partial charge in [-0.1, -0.05) is 0 Å². The smallest absolute Gasteiger partial charge is 0.128 e. The van der Waals surface area contributed by atoms with E-state index in [4.69, 9.17) is 5.73 Å². The first kappa shape index (κ1) is 12.8. The van der Waals surface area contributed by atoms with Crippen LogP contribution in [0.5, 0.6) is 0 Å². The molecule has 0 radical (unpaired) electrons. The van der Waals surface area contributed by atoms with Gasteiger partial charge in [-0.15, -0.1) is 0 Å². The molecule has 16 heavy (non-hydrogen) atoms. The van der Waals surface area contributed by atoms with Gasteiger partial charge in [-0.05, 0) is 33.4 Å². The first-order valence-electron chi connectivity index (χ1n) is 5.67. The van der Waals surface area contributed by atoms with Crippen LogP contribution in [0, 0.1) is 6.92 Å². The molecule has 0 aliphatic carbocycles. The summed E-state index contributed by atoms with van der Waals surface area (Å²) < 4.78 is 0. The summed E-state index contributed by atoms with van der Waals surface area (Å²) in [6.45, 7) is 8.19. The number of likely N-dealkylation sites (N-methyl/N-ethyl adjacent to an activating group) is 1. The third kappa shape index (κ3) is 3.70. The molecule has 1 aromatic rings. The monoisotopic (exact) mass is 222 g/mol. The quantitative estimate of drug-likeness (QED) is 0.796. The van der Waals surface area contributed by atoms with E-state index in [-0.39, 0.29) is 0 Å². The Bertz CT molecular complexity index is 336. The molecule has 0 saturated carbocycles. The first-order chi connectivity index (χ1) is 7.50. The van der Waals surface area contributed by atoms with Gasteiger partial charge in [0, 0.05) is 37.1 Å². The summed E-state index contributed by atoms with van der Waals surface area (Å²) in [5, 5.41) is 3.27. The molecule has 0 aliphatic rings. The van der Waals surface area contributed by atoms with Crippen molar-refractivity contribution in [3.8, 4) is 0 Å². The largest absolute Gasteiger partial charge is 0.398 e. The lowest BCUT2D eigenvalue weighted by atomic mass is 10.2. The van der Waals surface area contributed by atoms with E-state index >= 15 is 0 Å². The van der Waals surface area contributed by atoms with Gasteiger partial charge >= 0.3 is 0 Å². The second-order valence-electron chi connectivity index (χ2n) is 4.43. The third-order valence-corrected chi connectivity index (χ3v) is 2.80. The van der Waals surface area contributed by atoms with Crippen molar-refractivity contribution in [2.45, 2.75) is 26.8 Å². The maximum Gasteiger partial charge on any atom is 0.128 e. The molecule has 1 rings (SSSR count). The van der Waals surface area contributed by atoms with Gasteiger partial charge in [0.1, 0.15) is 5.82 Å². The number of aryl methyl sites for hydroxylation is 1. The van der Waals surface area contributed by atoms with Gasteiger partial charge in [-0.3, -0.25) is 0 Å². The summed E-state index contributed by atoms with van der Waals surface area (Å²) in [4.78, 5) is 6.55. The lowest BCUT2D eigenvalue weighted by molar-refractivity contribution is 0.284. The Balaban J connectivity index is 2.40. The average molecular weight is 222 g/mol. The predicted molar refractivity (Wildman–Crippen MR) is 69.6 cm³/mol. The van der Waals surface area contributed by atoms with Gasteiger partial charge in [-0.2, -0.15) is 0 Å². The predicted octanol–water partition coefficient (Wildman–Crippen LogP) is 1.72. The maximum absolute atomic E-state index is 5.81. The Morgan fingerprint density at radius 2 is 2.19 bits per heavy atom. The molecule has 3 N–H and O–H groups in total. The maximum atomic E-state index is 5.81. The van der Waals surface area contributed by atoms with Crippen molar-refractivity contribution in [1.29, 1.82) is 0 Å². The number of nitrogens with one attached hydrogen (secondary N) is 1. The van der Waals surface area contributed by atoms with Crippen molar-refractivity contribution in [2.24, 2.45) is 0 Å². The molecule has 0 aromatic carbocycles. The lowest BCUT2D eigenvalue weighted by Crippen LogP contribution is -2.31. The van der Waals surface area contributed by atoms with E-state index in [1.807, 2.05) is 13.0 Å². The number of hydrogen-bond acceptors (Lipinski definition) is 4. The summed E-state index contributed by atoms with van der Waals surface area (Å²) in [5.41, 5.74) is 7.62. The second-order valence-corrected chi connectivity index (χ2v) is 4.43. The summed E-state index contributed by atoms with van der Waals surface area (Å²) in [6, 6.07) is 2.45. The van der Waals surface area contributed by atoms with Crippen molar-refractivity contribution < 1.29 is 0 Å². The van der Waals surface area contributed by atoms with Gasteiger partial charge in [0.15, 0.2) is 0 Å². The number of nitrogen functional groups attached to an aromatic ring is 1. The minimum absolute atomic E-state index is 0.567. The van der Waals surface area contributed by atoms with Gasteiger partial charge in [0.25, 0.3) is 0 Å². The zero-order chi connectivity index (χ0) is 12.1. The number of hydrogen-bond donors (Lipinski definition) is 2. The van der Waals surface area contributed by atoms with Gasteiger partial charge in [0.05, 0.1) is 0 Å². The van der Waals surface area contributed by atoms with Crippen LogP contribution in [0.25, 0.3) is 0 Å². The van der Waals surface area contributed by atoms with E-state index in [1.54, 1.807) is 6.20 Å². The van der Waals surface area contributed by atoms with Gasteiger partial charge < -0.3 is 16.0 Å². The molecule has 1 heterocycles. The Kier molecular flexibility index (Phi) is 4.55. The van der Waals surface area contributed by atoms with Gasteiger partial charge in [-0.25, -0.2) is 4.98 Å². The van der Waals surface area contributed by atoms with Crippen LogP contribution < -0.4 is 11.1 Å². The standard InChI is InChI=1S/C12H22N4/c1-9(2)16(4)6-5-14-12-7-11(13)10(3)8-15-12/h7-9H,5-6H2,1-4H3,(H3,13,14,15). The molecule has 0 unspecified atom stereocenters. The normalized spacial score (nSPS) is 11.1. The highest BCUT2D eigenvalue weighted by Crippen LogP contribution is 2.13. The molecule has 1 aromatic heterocycles. The summed E-state index contributed by atoms with van der Waals surface area (Å²) in [6.07, 6.45) is 1.80. The van der Waals surface area contributed by atoms with E-state index in [9.17, 15) is 0 Å². The Labute approximate surface area is 97.9 Å². The van der Waals surface area contributed by atoms with Crippen molar-refractivity contribution in [3.05, 3.63) is 17.8 Å². The van der Waals surface area contributed by atoms with Crippen LogP contribution >= 0.6 is 0 Å². The Morgan fingerprint density at radius 3 is 2.75 bits per heavy atom. The van der Waals surface area contributed by atoms with E-state index in [1.165, 1.54) is 0 Å². The highest BCUT2D eigenvalue weighted by Gasteiger charge is 2.02. The third-order valence-electron chi connectivity index (χ3n) is 2.80. The fourth-order valence-corrected chi connectivity index (χ4v) is 1.25. The minimum Gasteiger partial charge on any atom is -0.398 e. The molecule has 0 amide bonds. The van der Waals surface area contributed by atoms with Crippen LogP contribution in [-0.2, 0) is 0 Å². The summed E-state index contributed by atoms with van der Waals surface area (Å²) in [7, 11) is 2.11. The minimum atomic E-state index is 0.567. The van der Waals surface area contributed by atoms with Crippen LogP contribution in [0.2, 0.25) is 0 Å². The highest BCUT2D eigenvalue weighted by atomic mass is 15.1. The molecule has 0 saturated heterocycles. The number of nitrogens with two attached hydrogens (primary N) is 1. The number of anilines is 2. The molecule has 0 atom stereocenters. The van der Waals surface area contributed by atoms with E-state index in [0.717, 1.165) is 30.2 Å². The number of pyridine rings is 1. The number of rotatable bonds is 5. The summed E-state index contributed by atoms with van der Waals surface area (Å²) >= 11 is 0. The molecule has 4 nitrogen and oxygen atoms in total. The van der Waals surface area contributed by atoms with Crippen molar-refractivity contribution in [1.82, 2.24) is 9.88 Å². The fraction of sp³-hybridized carbons (Fsp3) is 0.583. The molecular weight excluding hydrogens is 200 g/mol. The van der Waals surface area contributed by atoms with E-state index < -0.39 is 0 Å². The van der Waals surface area contributed by atoms with E-state index in [2.05, 4.69) is 36.1 Å². The molecule has 0 aliphatic heterocycles. The molecule has 0 fully saturated rings. The highest BCUT2D eigenvalue weighted by molar-refractivity contribution is 5.53. The fourth-order valence-electron chi connectivity index (χ4n) is 1.25. The number of nitrogens with zero attached hydrogens (tertiary/aromatic N) is 2. The van der Waals surface area contributed by atoms with Crippen molar-refractivity contribution >= 4 is 11.5 Å². The molecule has 4 heteroatoms. The zero-order valence-corrected chi connectivity index (χ0v) is 10.6. The van der Waals surface area contributed by atoms with Gasteiger partial charge in [0.2, 0.25) is 0 Å². The van der Waals surface area contributed by atoms with Crippen molar-refractivity contribution in [2.75, 3.05) is 31.2 Å². The van der Waals surface area contributed by atoms with Crippen LogP contribution in [-0.4, -0.2) is 36.1 Å². The van der Waals surface area contributed by atoms with E-state index in [0.29, 0.717) is 6.04 Å². The summed E-state index contributed by atoms with van der Waals surface area (Å²) in [5.74, 6) is 0.847. The molecule has 0 bridgehead atoms. The molecule has 0 spiro atoms. The van der Waals surface area contributed by atoms with Crippen LogP contribution in [0.15, 0.2) is 12.3 Å². The lowest BCUT2D eigenvalue weighted by Gasteiger charge is -2.21. The SMILES string of the molecule is Cc1cnc(NCCN(C)C(C)C)cc1N. The van der Waals surface area contributed by atoms with Crippen LogP contribution in [0.4, 0.5) is 11.5 Å². The Morgan fingerprint density at radius 1 is 1.50 bits per heavy atom. The second kappa shape index (κ2) is 5.70. The Hall–Kier alpha value is -1.29. The van der Waals surface area contributed by atoms with Crippen LogP contribution in [0.3, 0.4) is 0 Å². The van der Waals surface area contributed by atoms with Crippen LogP contribution in [0.1, 0.15) is 19.4 Å². The topological polar surface area (TPSA) is 54.2 Å². The first-order valence-corrected chi connectivity index (χ1v) is 5.67. The molecular formula is C12H22N4. The zero-order valence-electron chi connectivity index (χ0n) is 10.6.